The summed E-state index contributed by atoms with van der Waals surface area (Å²) >= 11 is 6.22. The molecule has 0 aliphatic rings. The van der Waals surface area contributed by atoms with Crippen molar-refractivity contribution in [3.05, 3.63) is 35.0 Å². The van der Waals surface area contributed by atoms with Gasteiger partial charge < -0.3 is 4.98 Å². The van der Waals surface area contributed by atoms with E-state index in [9.17, 15) is 4.79 Å². The zero-order chi connectivity index (χ0) is 14.9. The molecule has 1 unspecified atom stereocenters. The van der Waals surface area contributed by atoms with Crippen molar-refractivity contribution in [1.82, 2.24) is 4.98 Å². The van der Waals surface area contributed by atoms with Gasteiger partial charge in [-0.25, -0.2) is 0 Å². The first-order valence-corrected chi connectivity index (χ1v) is 7.44. The number of carbonyl (C=O) groups is 1. The second kappa shape index (κ2) is 5.61. The highest BCUT2D eigenvalue weighted by Gasteiger charge is 2.20. The molecule has 3 heteroatoms. The molecule has 2 aromatic rings. The summed E-state index contributed by atoms with van der Waals surface area (Å²) in [4.78, 5) is 15.6. The Morgan fingerprint density at radius 1 is 1.35 bits per heavy atom. The number of fused-ring (bicyclic) bond motifs is 1. The second-order valence-corrected chi connectivity index (χ2v) is 7.27. The number of hydrogen-bond acceptors (Lipinski definition) is 1. The lowest BCUT2D eigenvalue weighted by Crippen LogP contribution is -2.14. The largest absolute Gasteiger partial charge is 0.360 e. The van der Waals surface area contributed by atoms with E-state index < -0.39 is 0 Å². The van der Waals surface area contributed by atoms with Gasteiger partial charge in [0.1, 0.15) is 0 Å². The molecule has 20 heavy (non-hydrogen) atoms. The van der Waals surface area contributed by atoms with Crippen molar-refractivity contribution >= 4 is 28.3 Å². The van der Waals surface area contributed by atoms with Gasteiger partial charge in [-0.15, -0.1) is 0 Å². The van der Waals surface area contributed by atoms with E-state index in [1.54, 1.807) is 6.20 Å². The van der Waals surface area contributed by atoms with Crippen molar-refractivity contribution in [1.29, 1.82) is 0 Å². The van der Waals surface area contributed by atoms with Gasteiger partial charge in [0.2, 0.25) is 0 Å². The van der Waals surface area contributed by atoms with E-state index in [1.165, 1.54) is 0 Å². The van der Waals surface area contributed by atoms with E-state index in [4.69, 9.17) is 11.6 Å². The number of benzene rings is 1. The molecule has 0 bridgehead atoms. The number of halogens is 1. The third-order valence-corrected chi connectivity index (χ3v) is 3.77. The van der Waals surface area contributed by atoms with Crippen LogP contribution in [0, 0.1) is 11.3 Å². The highest BCUT2D eigenvalue weighted by molar-refractivity contribution is 6.36. The lowest BCUT2D eigenvalue weighted by Gasteiger charge is -2.22. The molecule has 2 rings (SSSR count). The van der Waals surface area contributed by atoms with Gasteiger partial charge in [0, 0.05) is 29.1 Å². The van der Waals surface area contributed by atoms with Crippen LogP contribution in [-0.4, -0.2) is 10.8 Å². The maximum Gasteiger partial charge on any atom is 0.165 e. The molecule has 0 radical (unpaired) electrons. The van der Waals surface area contributed by atoms with Crippen molar-refractivity contribution in [3.63, 3.8) is 0 Å². The smallest absolute Gasteiger partial charge is 0.165 e. The van der Waals surface area contributed by atoms with Crippen LogP contribution in [0.2, 0.25) is 5.02 Å². The van der Waals surface area contributed by atoms with Gasteiger partial charge in [0.15, 0.2) is 5.78 Å². The Morgan fingerprint density at radius 3 is 2.70 bits per heavy atom. The lowest BCUT2D eigenvalue weighted by atomic mass is 9.83. The summed E-state index contributed by atoms with van der Waals surface area (Å²) < 4.78 is 0. The Bertz CT molecular complexity index is 621. The predicted octanol–water partition coefficient (Wildman–Crippen LogP) is 5.47. The molecule has 108 valence electrons. The lowest BCUT2D eigenvalue weighted by molar-refractivity contribution is 0.0956. The summed E-state index contributed by atoms with van der Waals surface area (Å²) in [5.41, 5.74) is 1.88. The van der Waals surface area contributed by atoms with E-state index in [1.807, 2.05) is 18.2 Å². The normalized spacial score (nSPS) is 13.7. The molecule has 0 amide bonds. The number of ketones is 1. The number of rotatable bonds is 4. The number of H-pyrrole nitrogens is 1. The third-order valence-electron chi connectivity index (χ3n) is 3.45. The highest BCUT2D eigenvalue weighted by Crippen LogP contribution is 2.30. The summed E-state index contributed by atoms with van der Waals surface area (Å²) in [5, 5.41) is 1.48. The van der Waals surface area contributed by atoms with Crippen LogP contribution in [0.1, 0.15) is 50.9 Å². The maximum atomic E-state index is 12.5. The van der Waals surface area contributed by atoms with Crippen molar-refractivity contribution in [2.45, 2.75) is 40.5 Å². The van der Waals surface area contributed by atoms with Gasteiger partial charge in [-0.3, -0.25) is 4.79 Å². The SMILES string of the molecule is CC(CC(=O)c1c[nH]c2cccc(Cl)c12)CC(C)(C)C. The number of aromatic nitrogens is 1. The molecule has 0 aliphatic carbocycles. The molecule has 0 saturated carbocycles. The summed E-state index contributed by atoms with van der Waals surface area (Å²) in [7, 11) is 0. The minimum atomic E-state index is 0.168. The Labute approximate surface area is 125 Å². The van der Waals surface area contributed by atoms with Crippen molar-refractivity contribution in [3.8, 4) is 0 Å². The van der Waals surface area contributed by atoms with Gasteiger partial charge in [-0.05, 0) is 29.9 Å². The molecule has 0 fully saturated rings. The zero-order valence-electron chi connectivity index (χ0n) is 12.6. The van der Waals surface area contributed by atoms with Gasteiger partial charge in [-0.1, -0.05) is 45.4 Å². The molecule has 1 aromatic carbocycles. The van der Waals surface area contributed by atoms with Crippen molar-refractivity contribution in [2.24, 2.45) is 11.3 Å². The summed E-state index contributed by atoms with van der Waals surface area (Å²) in [5.74, 6) is 0.538. The minimum absolute atomic E-state index is 0.168. The van der Waals surface area contributed by atoms with Crippen LogP contribution in [0.25, 0.3) is 10.9 Å². The topological polar surface area (TPSA) is 32.9 Å². The van der Waals surface area contributed by atoms with Crippen LogP contribution in [0.15, 0.2) is 24.4 Å². The summed E-state index contributed by atoms with van der Waals surface area (Å²) in [6.07, 6.45) is 3.38. The van der Waals surface area contributed by atoms with E-state index in [-0.39, 0.29) is 11.2 Å². The number of hydrogen-bond donors (Lipinski definition) is 1. The van der Waals surface area contributed by atoms with Crippen molar-refractivity contribution in [2.75, 3.05) is 0 Å². The average Bonchev–Trinajstić information content (AvgIpc) is 2.71. The van der Waals surface area contributed by atoms with Gasteiger partial charge in [-0.2, -0.15) is 0 Å². The molecule has 1 aromatic heterocycles. The van der Waals surface area contributed by atoms with E-state index in [0.29, 0.717) is 22.9 Å². The quantitative estimate of drug-likeness (QED) is 0.745. The molecular weight excluding hydrogens is 270 g/mol. The van der Waals surface area contributed by atoms with Gasteiger partial charge >= 0.3 is 0 Å². The number of Topliss-reactive ketones (excluding diaryl/α,β-unsaturated/α-hetero) is 1. The first-order chi connectivity index (χ1) is 9.28. The Morgan fingerprint density at radius 2 is 2.05 bits per heavy atom. The predicted molar refractivity (Wildman–Crippen MR) is 85.5 cm³/mol. The van der Waals surface area contributed by atoms with Crippen LogP contribution in [0.4, 0.5) is 0 Å². The van der Waals surface area contributed by atoms with E-state index in [2.05, 4.69) is 32.7 Å². The molecule has 0 aliphatic heterocycles. The summed E-state index contributed by atoms with van der Waals surface area (Å²) in [6, 6.07) is 5.65. The van der Waals surface area contributed by atoms with Crippen molar-refractivity contribution < 1.29 is 4.79 Å². The molecule has 0 spiro atoms. The van der Waals surface area contributed by atoms with Crippen LogP contribution in [0.5, 0.6) is 0 Å². The number of nitrogens with one attached hydrogen (secondary N) is 1. The molecule has 2 nitrogen and oxygen atoms in total. The van der Waals surface area contributed by atoms with Crippen LogP contribution in [0.3, 0.4) is 0 Å². The molecular formula is C17H22ClNO. The Kier molecular flexibility index (Phi) is 4.24. The number of carbonyl (C=O) groups excluding carboxylic acids is 1. The summed E-state index contributed by atoms with van der Waals surface area (Å²) in [6.45, 7) is 8.75. The van der Waals surface area contributed by atoms with Crippen LogP contribution < -0.4 is 0 Å². The number of aromatic amines is 1. The standard InChI is InChI=1S/C17H22ClNO/c1-11(9-17(2,3)4)8-15(20)12-10-19-14-7-5-6-13(18)16(12)14/h5-7,10-11,19H,8-9H2,1-4H3. The Balaban J connectivity index is 2.20. The fourth-order valence-corrected chi connectivity index (χ4v) is 3.18. The highest BCUT2D eigenvalue weighted by atomic mass is 35.5. The molecule has 1 N–H and O–H groups in total. The third kappa shape index (κ3) is 3.43. The maximum absolute atomic E-state index is 12.5. The fourth-order valence-electron chi connectivity index (χ4n) is 2.90. The fraction of sp³-hybridized carbons (Fsp3) is 0.471. The molecule has 1 atom stereocenters. The molecule has 1 heterocycles. The van der Waals surface area contributed by atoms with Gasteiger partial charge in [0.05, 0.1) is 5.02 Å². The molecule has 0 saturated heterocycles. The first-order valence-electron chi connectivity index (χ1n) is 7.07. The average molecular weight is 292 g/mol. The van der Waals surface area contributed by atoms with E-state index in [0.717, 1.165) is 17.3 Å². The van der Waals surface area contributed by atoms with Crippen LogP contribution >= 0.6 is 11.6 Å². The monoisotopic (exact) mass is 291 g/mol. The minimum Gasteiger partial charge on any atom is -0.360 e. The second-order valence-electron chi connectivity index (χ2n) is 6.86. The van der Waals surface area contributed by atoms with E-state index >= 15 is 0 Å². The zero-order valence-corrected chi connectivity index (χ0v) is 13.3. The van der Waals surface area contributed by atoms with Crippen LogP contribution in [-0.2, 0) is 0 Å². The Hall–Kier alpha value is -1.28. The first kappa shape index (κ1) is 15.1. The van der Waals surface area contributed by atoms with Gasteiger partial charge in [0.25, 0.3) is 0 Å².